The molecule has 0 radical (unpaired) electrons. The van der Waals surface area contributed by atoms with Crippen molar-refractivity contribution in [2.24, 2.45) is 5.73 Å². The molecule has 0 aliphatic heterocycles. The molecule has 0 aromatic rings. The molecule has 0 aromatic carbocycles. The Kier molecular flexibility index (Phi) is 7.76. The van der Waals surface area contributed by atoms with Gasteiger partial charge in [-0.3, -0.25) is 4.55 Å². The lowest BCUT2D eigenvalue weighted by atomic mass is 10.6. The number of hydrogen-bond acceptors (Lipinski definition) is 3. The van der Waals surface area contributed by atoms with Gasteiger partial charge in [0.1, 0.15) is 0 Å². The van der Waals surface area contributed by atoms with Crippen LogP contribution in [-0.2, 0) is 10.1 Å². The highest BCUT2D eigenvalue weighted by molar-refractivity contribution is 7.85. The van der Waals surface area contributed by atoms with E-state index >= 15 is 0 Å². The molecule has 0 heterocycles. The zero-order valence-electron chi connectivity index (χ0n) is 5.66. The second-order valence-corrected chi connectivity index (χ2v) is 2.86. The van der Waals surface area contributed by atoms with Gasteiger partial charge in [-0.15, -0.1) is 0 Å². The van der Waals surface area contributed by atoms with Gasteiger partial charge in [-0.2, -0.15) is 8.42 Å². The van der Waals surface area contributed by atoms with Crippen molar-refractivity contribution in [3.05, 3.63) is 0 Å². The van der Waals surface area contributed by atoms with Crippen LogP contribution in [0.15, 0.2) is 0 Å². The third-order valence-electron chi connectivity index (χ3n) is 0.462. The van der Waals surface area contributed by atoms with E-state index in [9.17, 15) is 8.42 Å². The Morgan fingerprint density at radius 2 is 1.78 bits per heavy atom. The summed E-state index contributed by atoms with van der Waals surface area (Å²) in [6, 6.07) is 0. The van der Waals surface area contributed by atoms with E-state index in [1.54, 1.807) is 6.92 Å². The molecule has 9 heavy (non-hydrogen) atoms. The van der Waals surface area contributed by atoms with Gasteiger partial charge in [0, 0.05) is 0 Å². The topological polar surface area (TPSA) is 80.4 Å². The summed E-state index contributed by atoms with van der Waals surface area (Å²) < 4.78 is 27.6. The number of nitrogens with two attached hydrogens (primary N) is 1. The highest BCUT2D eigenvalue weighted by Gasteiger charge is 1.98. The Labute approximate surface area is 55.8 Å². The molecular weight excluding hydrogens is 142 g/mol. The highest BCUT2D eigenvalue weighted by Crippen LogP contribution is 1.83. The molecule has 0 aromatic heterocycles. The Morgan fingerprint density at radius 1 is 1.44 bits per heavy atom. The minimum Gasteiger partial charge on any atom is -0.333 e. The van der Waals surface area contributed by atoms with Crippen LogP contribution in [0.2, 0.25) is 0 Å². The van der Waals surface area contributed by atoms with Gasteiger partial charge in [0.15, 0.2) is 0 Å². The van der Waals surface area contributed by atoms with Crippen molar-refractivity contribution in [3.63, 3.8) is 0 Å². The molecule has 58 valence electrons. The zero-order chi connectivity index (χ0) is 7.91. The van der Waals surface area contributed by atoms with Crippen LogP contribution < -0.4 is 5.73 Å². The first kappa shape index (κ1) is 11.6. The quantitative estimate of drug-likeness (QED) is 0.544. The minimum atomic E-state index is -3.67. The Bertz CT molecular complexity index is 129. The Balaban J connectivity index is 0. The van der Waals surface area contributed by atoms with Crippen molar-refractivity contribution in [2.75, 3.05) is 12.8 Å². The maximum Gasteiger partial charge on any atom is 0.264 e. The Morgan fingerprint density at radius 3 is 1.78 bits per heavy atom. The SMILES string of the molecule is CCCS(=O)(=O)O.CN. The summed E-state index contributed by atoms with van der Waals surface area (Å²) in [7, 11) is -2.17. The third kappa shape index (κ3) is 18.1. The minimum absolute atomic E-state index is 0.132. The summed E-state index contributed by atoms with van der Waals surface area (Å²) >= 11 is 0. The van der Waals surface area contributed by atoms with Crippen LogP contribution in [0.4, 0.5) is 0 Å². The fraction of sp³-hybridized carbons (Fsp3) is 1.00. The predicted molar refractivity (Wildman–Crippen MR) is 36.8 cm³/mol. The van der Waals surface area contributed by atoms with Crippen LogP contribution in [0.3, 0.4) is 0 Å². The first-order chi connectivity index (χ1) is 4.06. The first-order valence-electron chi connectivity index (χ1n) is 2.59. The predicted octanol–water partition coefficient (Wildman–Crippen LogP) is -0.141. The lowest BCUT2D eigenvalue weighted by molar-refractivity contribution is 0.482. The van der Waals surface area contributed by atoms with Gasteiger partial charge in [-0.25, -0.2) is 0 Å². The summed E-state index contributed by atoms with van der Waals surface area (Å²) in [5.74, 6) is -0.132. The first-order valence-corrected chi connectivity index (χ1v) is 4.20. The van der Waals surface area contributed by atoms with Crippen molar-refractivity contribution in [1.29, 1.82) is 0 Å². The van der Waals surface area contributed by atoms with Gasteiger partial charge in [-0.1, -0.05) is 6.92 Å². The molecule has 0 fully saturated rings. The molecule has 0 amide bonds. The summed E-state index contributed by atoms with van der Waals surface area (Å²) in [6.07, 6.45) is 0.471. The molecule has 0 saturated heterocycles. The van der Waals surface area contributed by atoms with Crippen molar-refractivity contribution in [2.45, 2.75) is 13.3 Å². The molecule has 0 aliphatic carbocycles. The molecule has 0 bridgehead atoms. The molecule has 0 atom stereocenters. The van der Waals surface area contributed by atoms with Crippen LogP contribution in [0.1, 0.15) is 13.3 Å². The van der Waals surface area contributed by atoms with E-state index in [1.165, 1.54) is 7.05 Å². The van der Waals surface area contributed by atoms with Crippen LogP contribution in [0, 0.1) is 0 Å². The maximum atomic E-state index is 9.79. The maximum absolute atomic E-state index is 9.79. The summed E-state index contributed by atoms with van der Waals surface area (Å²) in [5, 5.41) is 0. The smallest absolute Gasteiger partial charge is 0.264 e. The van der Waals surface area contributed by atoms with Gasteiger partial charge >= 0.3 is 0 Å². The summed E-state index contributed by atoms with van der Waals surface area (Å²) in [5.41, 5.74) is 4.50. The van der Waals surface area contributed by atoms with Crippen LogP contribution in [0.25, 0.3) is 0 Å². The fourth-order valence-electron chi connectivity index (χ4n) is 0.258. The molecule has 0 unspecified atom stereocenters. The third-order valence-corrected chi connectivity index (χ3v) is 1.39. The van der Waals surface area contributed by atoms with E-state index < -0.39 is 10.1 Å². The molecule has 0 rings (SSSR count). The van der Waals surface area contributed by atoms with Crippen molar-refractivity contribution in [1.82, 2.24) is 0 Å². The number of rotatable bonds is 2. The van der Waals surface area contributed by atoms with Gasteiger partial charge in [-0.05, 0) is 13.5 Å². The molecule has 3 N–H and O–H groups in total. The standard InChI is InChI=1S/C3H8O3S.CH5N/c1-2-3-7(4,5)6;1-2/h2-3H2,1H3,(H,4,5,6);2H2,1H3. The van der Waals surface area contributed by atoms with E-state index in [0.29, 0.717) is 6.42 Å². The average molecular weight is 155 g/mol. The van der Waals surface area contributed by atoms with Crippen LogP contribution >= 0.6 is 0 Å². The zero-order valence-corrected chi connectivity index (χ0v) is 6.48. The molecular formula is C4H13NO3S. The van der Waals surface area contributed by atoms with Gasteiger partial charge in [0.2, 0.25) is 0 Å². The van der Waals surface area contributed by atoms with Crippen LogP contribution in [0.5, 0.6) is 0 Å². The van der Waals surface area contributed by atoms with Crippen LogP contribution in [-0.4, -0.2) is 25.8 Å². The van der Waals surface area contributed by atoms with E-state index in [2.05, 4.69) is 5.73 Å². The second-order valence-electron chi connectivity index (χ2n) is 1.29. The van der Waals surface area contributed by atoms with Crippen molar-refractivity contribution >= 4 is 10.1 Å². The normalized spacial score (nSPS) is 9.78. The largest absolute Gasteiger partial charge is 0.333 e. The molecule has 5 heteroatoms. The fourth-order valence-corrected chi connectivity index (χ4v) is 0.774. The van der Waals surface area contributed by atoms with E-state index in [4.69, 9.17) is 4.55 Å². The summed E-state index contributed by atoms with van der Waals surface area (Å²) in [6.45, 7) is 1.69. The lowest BCUT2D eigenvalue weighted by Gasteiger charge is -1.85. The second kappa shape index (κ2) is 6.00. The summed E-state index contributed by atoms with van der Waals surface area (Å²) in [4.78, 5) is 0. The molecule has 0 aliphatic rings. The van der Waals surface area contributed by atoms with E-state index in [1.807, 2.05) is 0 Å². The van der Waals surface area contributed by atoms with Crippen molar-refractivity contribution < 1.29 is 13.0 Å². The van der Waals surface area contributed by atoms with E-state index in [0.717, 1.165) is 0 Å². The van der Waals surface area contributed by atoms with E-state index in [-0.39, 0.29) is 5.75 Å². The highest BCUT2D eigenvalue weighted by atomic mass is 32.2. The van der Waals surface area contributed by atoms with Gasteiger partial charge < -0.3 is 5.73 Å². The van der Waals surface area contributed by atoms with Gasteiger partial charge in [0.25, 0.3) is 10.1 Å². The monoisotopic (exact) mass is 155 g/mol. The average Bonchev–Trinajstić information content (AvgIpc) is 1.69. The molecule has 0 saturated carbocycles. The lowest BCUT2D eigenvalue weighted by Crippen LogP contribution is -2.01. The Hall–Kier alpha value is -0.130. The van der Waals surface area contributed by atoms with Crippen molar-refractivity contribution in [3.8, 4) is 0 Å². The molecule has 0 spiro atoms. The van der Waals surface area contributed by atoms with Gasteiger partial charge in [0.05, 0.1) is 5.75 Å². The number of hydrogen-bond donors (Lipinski definition) is 2. The molecule has 4 nitrogen and oxygen atoms in total.